The number of alkyl halides is 3. The first-order valence-electron chi connectivity index (χ1n) is 7.36. The third-order valence-electron chi connectivity index (χ3n) is 2.91. The number of benzene rings is 1. The van der Waals surface area contributed by atoms with Crippen LogP contribution in [0.2, 0.25) is 0 Å². The molecule has 0 spiro atoms. The highest BCUT2D eigenvalue weighted by molar-refractivity contribution is 5.40. The van der Waals surface area contributed by atoms with Crippen molar-refractivity contribution in [3.8, 4) is 23.7 Å². The topological polar surface area (TPSA) is 0 Å². The Hall–Kier alpha value is -2.13. The monoisotopic (exact) mass is 304 g/mol. The zero-order valence-corrected chi connectivity index (χ0v) is 12.6. The molecule has 0 saturated carbocycles. The van der Waals surface area contributed by atoms with Crippen LogP contribution < -0.4 is 0 Å². The Morgan fingerprint density at radius 2 is 1.82 bits per heavy atom. The van der Waals surface area contributed by atoms with Gasteiger partial charge in [0.25, 0.3) is 0 Å². The van der Waals surface area contributed by atoms with Crippen LogP contribution >= 0.6 is 0 Å². The van der Waals surface area contributed by atoms with Crippen molar-refractivity contribution in [2.45, 2.75) is 45.2 Å². The standard InChI is InChI=1S/C19H19F3/c1-2-3-4-5-6-7-8-9-10-11-13-17-14-12-15-18(16-17)19(20,21)22/h9-10,12,14-16H,2-6H2,1H3. The van der Waals surface area contributed by atoms with Gasteiger partial charge in [0.05, 0.1) is 5.56 Å². The minimum absolute atomic E-state index is 0.340. The number of halogens is 3. The van der Waals surface area contributed by atoms with Gasteiger partial charge in [0.15, 0.2) is 0 Å². The van der Waals surface area contributed by atoms with E-state index < -0.39 is 11.7 Å². The van der Waals surface area contributed by atoms with Crippen LogP contribution in [0.15, 0.2) is 36.4 Å². The van der Waals surface area contributed by atoms with Gasteiger partial charge in [-0.15, -0.1) is 0 Å². The normalized spacial score (nSPS) is 10.7. The van der Waals surface area contributed by atoms with Crippen molar-refractivity contribution in [2.75, 3.05) is 0 Å². The minimum atomic E-state index is -4.34. The van der Waals surface area contributed by atoms with E-state index in [1.54, 1.807) is 18.2 Å². The van der Waals surface area contributed by atoms with Crippen molar-refractivity contribution in [3.05, 3.63) is 47.5 Å². The SMILES string of the molecule is CCCCCCC#CC=CC#Cc1cccc(C(F)(F)F)c1. The van der Waals surface area contributed by atoms with Gasteiger partial charge in [-0.1, -0.05) is 55.9 Å². The predicted molar refractivity (Wildman–Crippen MR) is 84.0 cm³/mol. The molecule has 0 amide bonds. The Kier molecular flexibility index (Phi) is 7.94. The van der Waals surface area contributed by atoms with E-state index in [-0.39, 0.29) is 0 Å². The molecule has 0 radical (unpaired) electrons. The molecule has 1 aromatic rings. The first-order valence-corrected chi connectivity index (χ1v) is 7.36. The van der Waals surface area contributed by atoms with Crippen LogP contribution in [0.1, 0.15) is 50.2 Å². The van der Waals surface area contributed by atoms with Crippen molar-refractivity contribution in [3.63, 3.8) is 0 Å². The maximum Gasteiger partial charge on any atom is 0.416 e. The van der Waals surface area contributed by atoms with E-state index in [4.69, 9.17) is 0 Å². The second-order valence-electron chi connectivity index (χ2n) is 4.81. The van der Waals surface area contributed by atoms with Gasteiger partial charge in [-0.05, 0) is 36.8 Å². The van der Waals surface area contributed by atoms with Crippen LogP contribution in [-0.4, -0.2) is 0 Å². The summed E-state index contributed by atoms with van der Waals surface area (Å²) in [5, 5.41) is 0. The van der Waals surface area contributed by atoms with Crippen molar-refractivity contribution < 1.29 is 13.2 Å². The molecule has 0 fully saturated rings. The molecule has 0 bridgehead atoms. The maximum atomic E-state index is 12.5. The summed E-state index contributed by atoms with van der Waals surface area (Å²) >= 11 is 0. The highest BCUT2D eigenvalue weighted by Gasteiger charge is 2.30. The second-order valence-corrected chi connectivity index (χ2v) is 4.81. The van der Waals surface area contributed by atoms with E-state index in [0.717, 1.165) is 25.0 Å². The van der Waals surface area contributed by atoms with E-state index in [2.05, 4.69) is 30.6 Å². The van der Waals surface area contributed by atoms with Gasteiger partial charge in [0, 0.05) is 12.0 Å². The van der Waals surface area contributed by atoms with Crippen molar-refractivity contribution in [1.29, 1.82) is 0 Å². The van der Waals surface area contributed by atoms with Crippen molar-refractivity contribution >= 4 is 0 Å². The van der Waals surface area contributed by atoms with Crippen LogP contribution in [0.25, 0.3) is 0 Å². The minimum Gasteiger partial charge on any atom is -0.166 e. The van der Waals surface area contributed by atoms with Crippen LogP contribution in [0, 0.1) is 23.7 Å². The molecule has 0 aromatic heterocycles. The molecule has 3 heteroatoms. The fourth-order valence-corrected chi connectivity index (χ4v) is 1.75. The lowest BCUT2D eigenvalue weighted by molar-refractivity contribution is -0.137. The summed E-state index contributed by atoms with van der Waals surface area (Å²) in [6.07, 6.45) is 4.45. The lowest BCUT2D eigenvalue weighted by Gasteiger charge is -2.05. The molecule has 0 heterocycles. The van der Waals surface area contributed by atoms with E-state index in [9.17, 15) is 13.2 Å². The zero-order valence-electron chi connectivity index (χ0n) is 12.6. The molecule has 0 aliphatic carbocycles. The molecule has 1 rings (SSSR count). The van der Waals surface area contributed by atoms with Crippen molar-refractivity contribution in [2.24, 2.45) is 0 Å². The number of allylic oxidation sites excluding steroid dienone is 2. The van der Waals surface area contributed by atoms with Crippen LogP contribution in [0.4, 0.5) is 13.2 Å². The summed E-state index contributed by atoms with van der Waals surface area (Å²) in [4.78, 5) is 0. The molecular weight excluding hydrogens is 285 g/mol. The first-order chi connectivity index (χ1) is 10.5. The Labute approximate surface area is 130 Å². The van der Waals surface area contributed by atoms with Crippen LogP contribution in [-0.2, 0) is 6.18 Å². The summed E-state index contributed by atoms with van der Waals surface area (Å²) in [5.41, 5.74) is -0.345. The first kappa shape index (κ1) is 17.9. The molecule has 116 valence electrons. The van der Waals surface area contributed by atoms with Crippen LogP contribution in [0.3, 0.4) is 0 Å². The van der Waals surface area contributed by atoms with Gasteiger partial charge < -0.3 is 0 Å². The molecule has 0 nitrogen and oxygen atoms in total. The highest BCUT2D eigenvalue weighted by atomic mass is 19.4. The maximum absolute atomic E-state index is 12.5. The molecule has 0 aliphatic rings. The fraction of sp³-hybridized carbons (Fsp3) is 0.368. The molecule has 0 saturated heterocycles. The lowest BCUT2D eigenvalue weighted by atomic mass is 10.1. The average molecular weight is 304 g/mol. The second kappa shape index (κ2) is 9.74. The van der Waals surface area contributed by atoms with Gasteiger partial charge in [-0.3, -0.25) is 0 Å². The third kappa shape index (κ3) is 7.60. The third-order valence-corrected chi connectivity index (χ3v) is 2.91. The predicted octanol–water partition coefficient (Wildman–Crippen LogP) is 5.59. The Morgan fingerprint density at radius 3 is 2.55 bits per heavy atom. The molecule has 1 aromatic carbocycles. The van der Waals surface area contributed by atoms with Gasteiger partial charge in [-0.25, -0.2) is 0 Å². The van der Waals surface area contributed by atoms with Crippen molar-refractivity contribution in [1.82, 2.24) is 0 Å². The quantitative estimate of drug-likeness (QED) is 0.502. The summed E-state index contributed by atoms with van der Waals surface area (Å²) in [5.74, 6) is 11.3. The summed E-state index contributed by atoms with van der Waals surface area (Å²) in [6, 6.07) is 4.98. The Balaban J connectivity index is 2.48. The Morgan fingerprint density at radius 1 is 1.05 bits per heavy atom. The highest BCUT2D eigenvalue weighted by Crippen LogP contribution is 2.29. The number of unbranched alkanes of at least 4 members (excludes halogenated alkanes) is 4. The molecule has 0 unspecified atom stereocenters. The number of hydrogen-bond donors (Lipinski definition) is 0. The summed E-state index contributed by atoms with van der Waals surface area (Å²) < 4.78 is 37.6. The van der Waals surface area contributed by atoms with Gasteiger partial charge in [-0.2, -0.15) is 13.2 Å². The molecular formula is C19H19F3. The summed E-state index contributed by atoms with van der Waals surface area (Å²) in [7, 11) is 0. The number of hydrogen-bond acceptors (Lipinski definition) is 0. The van der Waals surface area contributed by atoms with E-state index in [0.29, 0.717) is 5.56 Å². The lowest BCUT2D eigenvalue weighted by Crippen LogP contribution is -2.04. The Bertz CT molecular complexity index is 601. The zero-order chi connectivity index (χ0) is 16.3. The van der Waals surface area contributed by atoms with E-state index in [1.165, 1.54) is 25.3 Å². The van der Waals surface area contributed by atoms with Gasteiger partial charge in [0.2, 0.25) is 0 Å². The molecule has 0 atom stereocenters. The fourth-order valence-electron chi connectivity index (χ4n) is 1.75. The molecule has 0 N–H and O–H groups in total. The molecule has 22 heavy (non-hydrogen) atoms. The van der Waals surface area contributed by atoms with E-state index in [1.807, 2.05) is 0 Å². The van der Waals surface area contributed by atoms with E-state index >= 15 is 0 Å². The molecule has 0 aliphatic heterocycles. The summed E-state index contributed by atoms with van der Waals surface area (Å²) in [6.45, 7) is 2.16. The van der Waals surface area contributed by atoms with Gasteiger partial charge in [0.1, 0.15) is 0 Å². The number of rotatable bonds is 4. The smallest absolute Gasteiger partial charge is 0.166 e. The average Bonchev–Trinajstić information content (AvgIpc) is 2.49. The van der Waals surface area contributed by atoms with Crippen LogP contribution in [0.5, 0.6) is 0 Å². The largest absolute Gasteiger partial charge is 0.416 e. The van der Waals surface area contributed by atoms with Gasteiger partial charge >= 0.3 is 6.18 Å².